The molecule has 5 nitrogen and oxygen atoms in total. The summed E-state index contributed by atoms with van der Waals surface area (Å²) in [7, 11) is -4.21. The minimum Gasteiger partial charge on any atom is -0.328 e. The molecule has 0 heterocycles. The Kier molecular flexibility index (Phi) is 6.21. The van der Waals surface area contributed by atoms with Gasteiger partial charge < -0.3 is 11.5 Å². The van der Waals surface area contributed by atoms with Gasteiger partial charge in [-0.2, -0.15) is 8.42 Å². The van der Waals surface area contributed by atoms with Crippen LogP contribution in [0, 0.1) is 0 Å². The predicted octanol–water partition coefficient (Wildman–Crippen LogP) is -1.48. The Balaban J connectivity index is 0. The van der Waals surface area contributed by atoms with Crippen LogP contribution in [0.15, 0.2) is 0 Å². The summed E-state index contributed by atoms with van der Waals surface area (Å²) in [6.07, 6.45) is 0.0995. The van der Waals surface area contributed by atoms with Crippen molar-refractivity contribution in [3.63, 3.8) is 0 Å². The number of nitrogens with two attached hydrogens (primary N) is 2. The maximum absolute atomic E-state index is 10.5. The molecule has 5 N–H and O–H groups in total. The minimum atomic E-state index is -4.21. The molecule has 0 saturated heterocycles. The van der Waals surface area contributed by atoms with E-state index in [0.29, 0.717) is 0 Å². The molecule has 0 amide bonds. The number of rotatable bonds is 3. The van der Waals surface area contributed by atoms with Gasteiger partial charge >= 0.3 is 0 Å². The van der Waals surface area contributed by atoms with Crippen molar-refractivity contribution in [3.8, 4) is 0 Å². The topological polar surface area (TPSA) is 106 Å². The zero-order valence-corrected chi connectivity index (χ0v) is 9.56. The first-order chi connectivity index (χ1) is 4.37. The van der Waals surface area contributed by atoms with E-state index in [9.17, 15) is 8.42 Å². The Hall–Kier alpha value is 0.830. The van der Waals surface area contributed by atoms with Gasteiger partial charge in [0.1, 0.15) is 0 Å². The second-order valence-electron chi connectivity index (χ2n) is 2.10. The van der Waals surface area contributed by atoms with Crippen LogP contribution in [-0.2, 0) is 10.1 Å². The fourth-order valence-corrected chi connectivity index (χ4v) is 1.01. The Labute approximate surface area is 88.6 Å². The van der Waals surface area contributed by atoms with Gasteiger partial charge in [0.05, 0.1) is 0 Å². The average Bonchev–Trinajstić information content (AvgIpc) is 1.84. The first kappa shape index (κ1) is 14.4. The van der Waals surface area contributed by atoms with E-state index in [1.807, 2.05) is 0 Å². The Bertz CT molecular complexity index is 199. The average molecular weight is 191 g/mol. The van der Waals surface area contributed by atoms with Crippen molar-refractivity contribution in [1.29, 1.82) is 0 Å². The summed E-state index contributed by atoms with van der Waals surface area (Å²) < 4.78 is 29.4. The SMILES string of the molecule is CCC(N)(CN)S(=O)(=O)O.[Na]. The van der Waals surface area contributed by atoms with E-state index in [4.69, 9.17) is 16.0 Å². The number of hydrogen-bond acceptors (Lipinski definition) is 4. The van der Waals surface area contributed by atoms with Crippen molar-refractivity contribution in [2.24, 2.45) is 11.5 Å². The van der Waals surface area contributed by atoms with E-state index in [0.717, 1.165) is 0 Å². The molecular formula is C4H12N2NaO3S. The van der Waals surface area contributed by atoms with E-state index in [1.54, 1.807) is 6.92 Å². The molecule has 0 bridgehead atoms. The van der Waals surface area contributed by atoms with Crippen molar-refractivity contribution in [1.82, 2.24) is 0 Å². The van der Waals surface area contributed by atoms with Crippen LogP contribution in [0.1, 0.15) is 13.3 Å². The van der Waals surface area contributed by atoms with Gasteiger partial charge in [-0.3, -0.25) is 4.55 Å². The van der Waals surface area contributed by atoms with E-state index in [2.05, 4.69) is 0 Å². The second-order valence-corrected chi connectivity index (χ2v) is 3.86. The smallest absolute Gasteiger partial charge is 0.285 e. The van der Waals surface area contributed by atoms with Crippen LogP contribution < -0.4 is 11.5 Å². The maximum Gasteiger partial charge on any atom is 0.285 e. The third-order valence-electron chi connectivity index (χ3n) is 1.46. The Morgan fingerprint density at radius 3 is 1.91 bits per heavy atom. The van der Waals surface area contributed by atoms with Gasteiger partial charge in [-0.1, -0.05) is 6.92 Å². The second kappa shape index (κ2) is 4.76. The quantitative estimate of drug-likeness (QED) is 0.372. The van der Waals surface area contributed by atoms with E-state index in [1.165, 1.54) is 0 Å². The zero-order chi connectivity index (χ0) is 8.41. The fraction of sp³-hybridized carbons (Fsp3) is 1.00. The molecule has 63 valence electrons. The first-order valence-electron chi connectivity index (χ1n) is 2.83. The largest absolute Gasteiger partial charge is 0.328 e. The van der Waals surface area contributed by atoms with Crippen LogP contribution in [-0.4, -0.2) is 53.9 Å². The molecule has 0 aliphatic rings. The summed E-state index contributed by atoms with van der Waals surface area (Å²) in [5.74, 6) is 0. The van der Waals surface area contributed by atoms with E-state index < -0.39 is 15.0 Å². The molecule has 11 heavy (non-hydrogen) atoms. The van der Waals surface area contributed by atoms with Gasteiger partial charge in [-0.05, 0) is 6.42 Å². The number of hydrogen-bond donors (Lipinski definition) is 3. The first-order valence-corrected chi connectivity index (χ1v) is 4.27. The molecule has 0 aromatic carbocycles. The van der Waals surface area contributed by atoms with Crippen molar-refractivity contribution in [3.05, 3.63) is 0 Å². The fourth-order valence-electron chi connectivity index (χ4n) is 0.432. The molecule has 0 rings (SSSR count). The van der Waals surface area contributed by atoms with E-state index in [-0.39, 0.29) is 42.5 Å². The normalized spacial score (nSPS) is 16.7. The van der Waals surface area contributed by atoms with Gasteiger partial charge in [0.2, 0.25) is 0 Å². The maximum atomic E-state index is 10.5. The summed E-state index contributed by atoms with van der Waals surface area (Å²) in [5.41, 5.74) is 10.3. The minimum absolute atomic E-state index is 0. The van der Waals surface area contributed by atoms with Crippen LogP contribution in [0.3, 0.4) is 0 Å². The van der Waals surface area contributed by atoms with Crippen molar-refractivity contribution < 1.29 is 13.0 Å². The molecule has 0 aromatic rings. The molecule has 1 unspecified atom stereocenters. The monoisotopic (exact) mass is 191 g/mol. The van der Waals surface area contributed by atoms with Crippen molar-refractivity contribution in [2.75, 3.05) is 6.54 Å². The summed E-state index contributed by atoms with van der Waals surface area (Å²) in [6.45, 7) is 1.27. The van der Waals surface area contributed by atoms with Gasteiger partial charge in [-0.25, -0.2) is 0 Å². The Morgan fingerprint density at radius 2 is 1.91 bits per heavy atom. The van der Waals surface area contributed by atoms with Gasteiger partial charge in [0.25, 0.3) is 10.1 Å². The van der Waals surface area contributed by atoms with Crippen LogP contribution in [0.2, 0.25) is 0 Å². The van der Waals surface area contributed by atoms with Gasteiger partial charge in [0.15, 0.2) is 4.87 Å². The molecule has 1 radical (unpaired) electrons. The standard InChI is InChI=1S/C4H12N2O3S.Na/c1-2-4(6,3-5)10(7,8)9;/h2-3,5-6H2,1H3,(H,7,8,9);. The zero-order valence-electron chi connectivity index (χ0n) is 6.74. The van der Waals surface area contributed by atoms with Crippen molar-refractivity contribution in [2.45, 2.75) is 18.2 Å². The predicted molar refractivity (Wildman–Crippen MR) is 43.6 cm³/mol. The van der Waals surface area contributed by atoms with Crippen LogP contribution in [0.4, 0.5) is 0 Å². The Morgan fingerprint density at radius 1 is 1.55 bits per heavy atom. The molecule has 0 aliphatic heterocycles. The molecule has 7 heteroatoms. The third-order valence-corrected chi connectivity index (χ3v) is 2.94. The molecule has 0 aliphatic carbocycles. The molecule has 0 saturated carbocycles. The third kappa shape index (κ3) is 3.37. The molecule has 0 spiro atoms. The van der Waals surface area contributed by atoms with Gasteiger partial charge in [-0.15, -0.1) is 0 Å². The molecule has 0 aromatic heterocycles. The van der Waals surface area contributed by atoms with Crippen LogP contribution in [0.25, 0.3) is 0 Å². The molecule has 1 atom stereocenters. The summed E-state index contributed by atoms with van der Waals surface area (Å²) in [4.78, 5) is -1.67. The summed E-state index contributed by atoms with van der Waals surface area (Å²) in [5, 5.41) is 0. The molecule has 0 fully saturated rings. The van der Waals surface area contributed by atoms with Crippen LogP contribution >= 0.6 is 0 Å². The van der Waals surface area contributed by atoms with Crippen LogP contribution in [0.5, 0.6) is 0 Å². The summed E-state index contributed by atoms with van der Waals surface area (Å²) in [6, 6.07) is 0. The van der Waals surface area contributed by atoms with Crippen molar-refractivity contribution >= 4 is 39.7 Å². The van der Waals surface area contributed by atoms with Gasteiger partial charge in [0, 0.05) is 36.1 Å². The summed E-state index contributed by atoms with van der Waals surface area (Å²) >= 11 is 0. The molecular weight excluding hydrogens is 179 g/mol. The van der Waals surface area contributed by atoms with E-state index >= 15 is 0 Å².